The maximum absolute atomic E-state index is 11.5. The minimum absolute atomic E-state index is 0.163. The molecule has 0 bridgehead atoms. The van der Waals surface area contributed by atoms with Crippen LogP contribution >= 0.6 is 0 Å². The first-order valence-corrected chi connectivity index (χ1v) is 8.74. The van der Waals surface area contributed by atoms with Crippen molar-refractivity contribution < 1.29 is 8.42 Å². The van der Waals surface area contributed by atoms with Crippen LogP contribution in [-0.4, -0.2) is 43.0 Å². The van der Waals surface area contributed by atoms with Crippen molar-refractivity contribution in [1.29, 1.82) is 0 Å². The summed E-state index contributed by atoms with van der Waals surface area (Å²) in [6, 6.07) is 0.163. The molecule has 0 amide bonds. The van der Waals surface area contributed by atoms with Crippen molar-refractivity contribution in [2.75, 3.05) is 29.2 Å². The molecule has 1 aromatic rings. The van der Waals surface area contributed by atoms with E-state index in [1.165, 1.54) is 6.33 Å². The van der Waals surface area contributed by atoms with Gasteiger partial charge in [-0.1, -0.05) is 13.8 Å². The molecule has 0 aliphatic carbocycles. The number of aromatic nitrogens is 2. The van der Waals surface area contributed by atoms with E-state index in [0.29, 0.717) is 12.8 Å². The van der Waals surface area contributed by atoms with Gasteiger partial charge in [0.15, 0.2) is 0 Å². The normalized spacial score (nSPS) is 19.0. The quantitative estimate of drug-likeness (QED) is 0.879. The van der Waals surface area contributed by atoms with Gasteiger partial charge in [0.2, 0.25) is 0 Å². The second-order valence-electron chi connectivity index (χ2n) is 5.46. The van der Waals surface area contributed by atoms with Crippen molar-refractivity contribution in [3.05, 3.63) is 11.9 Å². The second kappa shape index (κ2) is 5.95. The molecule has 0 unspecified atom stereocenters. The van der Waals surface area contributed by atoms with Crippen LogP contribution in [0.5, 0.6) is 0 Å². The van der Waals surface area contributed by atoms with Crippen LogP contribution in [0.2, 0.25) is 0 Å². The van der Waals surface area contributed by atoms with E-state index in [1.807, 2.05) is 7.05 Å². The van der Waals surface area contributed by atoms with Gasteiger partial charge in [-0.3, -0.25) is 0 Å². The molecule has 1 saturated heterocycles. The molecule has 20 heavy (non-hydrogen) atoms. The lowest BCUT2D eigenvalue weighted by molar-refractivity contribution is 0.558. The molecule has 0 saturated carbocycles. The van der Waals surface area contributed by atoms with E-state index in [9.17, 15) is 8.42 Å². The molecule has 0 radical (unpaired) electrons. The number of rotatable bonds is 4. The summed E-state index contributed by atoms with van der Waals surface area (Å²) in [5.41, 5.74) is 1.04. The highest BCUT2D eigenvalue weighted by atomic mass is 32.2. The van der Waals surface area contributed by atoms with Gasteiger partial charge in [0.1, 0.15) is 27.8 Å². The molecule has 1 aromatic heterocycles. The van der Waals surface area contributed by atoms with Crippen LogP contribution < -0.4 is 10.6 Å². The molecule has 6 nitrogen and oxygen atoms in total. The van der Waals surface area contributed by atoms with Crippen molar-refractivity contribution in [2.24, 2.45) is 0 Å². The number of hydrogen-bond donors (Lipinski definition) is 2. The Morgan fingerprint density at radius 3 is 2.35 bits per heavy atom. The predicted molar refractivity (Wildman–Crippen MR) is 81.0 cm³/mol. The first-order chi connectivity index (χ1) is 9.43. The number of hydrogen-bond acceptors (Lipinski definition) is 6. The molecule has 1 fully saturated rings. The standard InChI is InChI=1S/C13H22N4O2S/c1-9(2)11-12(14-3)15-8-16-13(11)17-10-4-6-20(18,19)7-5-10/h8-10H,4-7H2,1-3H3,(H2,14,15,16,17). The number of nitrogens with zero attached hydrogens (tertiary/aromatic N) is 2. The average molecular weight is 298 g/mol. The summed E-state index contributed by atoms with van der Waals surface area (Å²) in [6.07, 6.45) is 2.80. The van der Waals surface area contributed by atoms with Crippen molar-refractivity contribution in [1.82, 2.24) is 9.97 Å². The van der Waals surface area contributed by atoms with Crippen molar-refractivity contribution in [3.63, 3.8) is 0 Å². The fourth-order valence-electron chi connectivity index (χ4n) is 2.48. The van der Waals surface area contributed by atoms with Crippen LogP contribution in [0.4, 0.5) is 11.6 Å². The maximum Gasteiger partial charge on any atom is 0.150 e. The fraction of sp³-hybridized carbons (Fsp3) is 0.692. The minimum atomic E-state index is -2.83. The van der Waals surface area contributed by atoms with Crippen LogP contribution in [-0.2, 0) is 9.84 Å². The van der Waals surface area contributed by atoms with Crippen molar-refractivity contribution >= 4 is 21.5 Å². The van der Waals surface area contributed by atoms with Gasteiger partial charge in [-0.2, -0.15) is 0 Å². The van der Waals surface area contributed by atoms with Crippen LogP contribution in [0.3, 0.4) is 0 Å². The molecule has 2 N–H and O–H groups in total. The Morgan fingerprint density at radius 2 is 1.80 bits per heavy atom. The molecule has 112 valence electrons. The Bertz CT molecular complexity index is 558. The lowest BCUT2D eigenvalue weighted by Gasteiger charge is -2.25. The SMILES string of the molecule is CNc1ncnc(NC2CCS(=O)(=O)CC2)c1C(C)C. The molecule has 1 aliphatic rings. The van der Waals surface area contributed by atoms with E-state index in [1.54, 1.807) is 0 Å². The van der Waals surface area contributed by atoms with E-state index in [0.717, 1.165) is 17.2 Å². The van der Waals surface area contributed by atoms with Crippen LogP contribution in [0.15, 0.2) is 6.33 Å². The topological polar surface area (TPSA) is 84.0 Å². The Morgan fingerprint density at radius 1 is 1.20 bits per heavy atom. The maximum atomic E-state index is 11.5. The molecule has 7 heteroatoms. The average Bonchev–Trinajstić information content (AvgIpc) is 2.40. The third-order valence-electron chi connectivity index (χ3n) is 3.59. The fourth-order valence-corrected chi connectivity index (χ4v) is 3.98. The number of nitrogens with one attached hydrogen (secondary N) is 2. The third kappa shape index (κ3) is 3.39. The largest absolute Gasteiger partial charge is 0.373 e. The molecule has 1 aliphatic heterocycles. The van der Waals surface area contributed by atoms with Gasteiger partial charge in [-0.05, 0) is 18.8 Å². The van der Waals surface area contributed by atoms with Crippen LogP contribution in [0.1, 0.15) is 38.2 Å². The Balaban J connectivity index is 2.17. The predicted octanol–water partition coefficient (Wildman–Crippen LogP) is 1.63. The Labute approximate surface area is 120 Å². The lowest BCUT2D eigenvalue weighted by atomic mass is 10.0. The van der Waals surface area contributed by atoms with Crippen molar-refractivity contribution in [2.45, 2.75) is 38.6 Å². The van der Waals surface area contributed by atoms with Gasteiger partial charge in [0.05, 0.1) is 11.5 Å². The van der Waals surface area contributed by atoms with E-state index in [-0.39, 0.29) is 23.5 Å². The first kappa shape index (κ1) is 15.0. The summed E-state index contributed by atoms with van der Waals surface area (Å²) in [6.45, 7) is 4.19. The van der Waals surface area contributed by atoms with E-state index in [2.05, 4.69) is 34.4 Å². The zero-order chi connectivity index (χ0) is 14.8. The molecule has 0 aromatic carbocycles. The Hall–Kier alpha value is -1.37. The summed E-state index contributed by atoms with van der Waals surface area (Å²) in [5.74, 6) is 2.43. The zero-order valence-electron chi connectivity index (χ0n) is 12.2. The first-order valence-electron chi connectivity index (χ1n) is 6.92. The van der Waals surface area contributed by atoms with Gasteiger partial charge in [-0.25, -0.2) is 18.4 Å². The molecule has 2 rings (SSSR count). The molecular weight excluding hydrogens is 276 g/mol. The van der Waals surface area contributed by atoms with Gasteiger partial charge < -0.3 is 10.6 Å². The van der Waals surface area contributed by atoms with Gasteiger partial charge in [0, 0.05) is 18.7 Å². The van der Waals surface area contributed by atoms with Crippen LogP contribution in [0.25, 0.3) is 0 Å². The molecule has 0 atom stereocenters. The summed E-state index contributed by atoms with van der Waals surface area (Å²) >= 11 is 0. The van der Waals surface area contributed by atoms with E-state index >= 15 is 0 Å². The van der Waals surface area contributed by atoms with Crippen LogP contribution in [0, 0.1) is 0 Å². The summed E-state index contributed by atoms with van der Waals surface area (Å²) in [7, 11) is -0.994. The second-order valence-corrected chi connectivity index (χ2v) is 7.76. The third-order valence-corrected chi connectivity index (χ3v) is 5.31. The highest BCUT2D eigenvalue weighted by Gasteiger charge is 2.25. The van der Waals surface area contributed by atoms with Gasteiger partial charge in [0.25, 0.3) is 0 Å². The summed E-state index contributed by atoms with van der Waals surface area (Å²) in [5, 5.41) is 6.47. The van der Waals surface area contributed by atoms with E-state index in [4.69, 9.17) is 0 Å². The van der Waals surface area contributed by atoms with Gasteiger partial charge in [-0.15, -0.1) is 0 Å². The monoisotopic (exact) mass is 298 g/mol. The smallest absolute Gasteiger partial charge is 0.150 e. The summed E-state index contributed by atoms with van der Waals surface area (Å²) < 4.78 is 22.9. The highest BCUT2D eigenvalue weighted by Crippen LogP contribution is 2.29. The molecular formula is C13H22N4O2S. The Kier molecular flexibility index (Phi) is 4.47. The highest BCUT2D eigenvalue weighted by molar-refractivity contribution is 7.91. The minimum Gasteiger partial charge on any atom is -0.373 e. The lowest BCUT2D eigenvalue weighted by Crippen LogP contribution is -2.32. The van der Waals surface area contributed by atoms with Crippen molar-refractivity contribution in [3.8, 4) is 0 Å². The zero-order valence-corrected chi connectivity index (χ0v) is 13.0. The van der Waals surface area contributed by atoms with E-state index < -0.39 is 9.84 Å². The number of sulfone groups is 1. The number of anilines is 2. The molecule has 2 heterocycles. The van der Waals surface area contributed by atoms with Gasteiger partial charge >= 0.3 is 0 Å². The summed E-state index contributed by atoms with van der Waals surface area (Å²) in [4.78, 5) is 8.56. The molecule has 0 spiro atoms.